The Hall–Kier alpha value is -0.120. The third-order valence-electron chi connectivity index (χ3n) is 3.33. The van der Waals surface area contributed by atoms with Crippen molar-refractivity contribution in [3.63, 3.8) is 0 Å². The first-order chi connectivity index (χ1) is 8.86. The second-order valence-corrected chi connectivity index (χ2v) is 6.70. The summed E-state index contributed by atoms with van der Waals surface area (Å²) in [6.45, 7) is 16.0. The highest BCUT2D eigenvalue weighted by atomic mass is 15.2. The van der Waals surface area contributed by atoms with Gasteiger partial charge in [0.25, 0.3) is 0 Å². The molecule has 1 atom stereocenters. The largest absolute Gasteiger partial charge is 0.313 e. The number of hydrogen-bond donors (Lipinski definition) is 1. The van der Waals surface area contributed by atoms with Gasteiger partial charge in [0.15, 0.2) is 0 Å². The first-order valence-electron chi connectivity index (χ1n) is 7.98. The fourth-order valence-electron chi connectivity index (χ4n) is 2.34. The summed E-state index contributed by atoms with van der Waals surface area (Å²) in [7, 11) is 4.32. The second kappa shape index (κ2) is 10.6. The van der Waals surface area contributed by atoms with Gasteiger partial charge in [-0.2, -0.15) is 0 Å². The molecule has 0 saturated heterocycles. The van der Waals surface area contributed by atoms with E-state index in [1.54, 1.807) is 0 Å². The Morgan fingerprint density at radius 3 is 2.05 bits per heavy atom. The zero-order chi connectivity index (χ0) is 14.8. The standard InChI is InChI=1S/C16H37N3/c1-8-9-16(12-17-15(4)5)19(13-14(2)3)11-10-18(6)7/h14-17H,8-13H2,1-7H3. The van der Waals surface area contributed by atoms with Crippen LogP contribution in [0.5, 0.6) is 0 Å². The molecule has 3 heteroatoms. The van der Waals surface area contributed by atoms with Gasteiger partial charge in [0.05, 0.1) is 0 Å². The molecule has 1 unspecified atom stereocenters. The molecular formula is C16H37N3. The molecule has 0 bridgehead atoms. The van der Waals surface area contributed by atoms with E-state index in [0.717, 1.165) is 19.0 Å². The summed E-state index contributed by atoms with van der Waals surface area (Å²) in [6.07, 6.45) is 2.56. The van der Waals surface area contributed by atoms with E-state index in [9.17, 15) is 0 Å². The predicted molar refractivity (Wildman–Crippen MR) is 86.8 cm³/mol. The van der Waals surface area contributed by atoms with Crippen LogP contribution in [0.25, 0.3) is 0 Å². The molecule has 0 aromatic rings. The van der Waals surface area contributed by atoms with Crippen molar-refractivity contribution in [2.24, 2.45) is 5.92 Å². The highest BCUT2D eigenvalue weighted by Gasteiger charge is 2.18. The molecule has 0 aliphatic carbocycles. The van der Waals surface area contributed by atoms with Gasteiger partial charge in [0, 0.05) is 38.3 Å². The van der Waals surface area contributed by atoms with Gasteiger partial charge in [-0.1, -0.05) is 41.0 Å². The van der Waals surface area contributed by atoms with Crippen molar-refractivity contribution in [3.8, 4) is 0 Å². The van der Waals surface area contributed by atoms with Crippen LogP contribution in [0.4, 0.5) is 0 Å². The number of hydrogen-bond acceptors (Lipinski definition) is 3. The van der Waals surface area contributed by atoms with Crippen LogP contribution in [-0.4, -0.2) is 62.2 Å². The molecule has 0 aliphatic rings. The molecular weight excluding hydrogens is 234 g/mol. The Kier molecular flexibility index (Phi) is 10.6. The van der Waals surface area contributed by atoms with Crippen molar-refractivity contribution in [3.05, 3.63) is 0 Å². The van der Waals surface area contributed by atoms with E-state index < -0.39 is 0 Å². The SMILES string of the molecule is CCCC(CNC(C)C)N(CCN(C)C)CC(C)C. The number of rotatable bonds is 11. The molecule has 0 amide bonds. The van der Waals surface area contributed by atoms with E-state index in [2.05, 4.69) is 63.8 Å². The molecule has 116 valence electrons. The molecule has 0 fully saturated rings. The molecule has 1 N–H and O–H groups in total. The normalized spacial score (nSPS) is 14.1. The van der Waals surface area contributed by atoms with Crippen molar-refractivity contribution >= 4 is 0 Å². The van der Waals surface area contributed by atoms with Gasteiger partial charge >= 0.3 is 0 Å². The lowest BCUT2D eigenvalue weighted by Gasteiger charge is -2.34. The Morgan fingerprint density at radius 1 is 1.00 bits per heavy atom. The minimum absolute atomic E-state index is 0.578. The minimum Gasteiger partial charge on any atom is -0.313 e. The summed E-state index contributed by atoms with van der Waals surface area (Å²) in [5.74, 6) is 0.737. The maximum Gasteiger partial charge on any atom is 0.0221 e. The molecule has 0 saturated carbocycles. The molecule has 0 spiro atoms. The summed E-state index contributed by atoms with van der Waals surface area (Å²) in [5, 5.41) is 3.62. The lowest BCUT2D eigenvalue weighted by Crippen LogP contribution is -2.47. The zero-order valence-electron chi connectivity index (χ0n) is 14.4. The molecule has 0 aromatic carbocycles. The quantitative estimate of drug-likeness (QED) is 0.623. The van der Waals surface area contributed by atoms with Crippen LogP contribution in [-0.2, 0) is 0 Å². The highest BCUT2D eigenvalue weighted by molar-refractivity contribution is 4.76. The van der Waals surface area contributed by atoms with E-state index in [1.165, 1.54) is 25.9 Å². The highest BCUT2D eigenvalue weighted by Crippen LogP contribution is 2.10. The lowest BCUT2D eigenvalue weighted by molar-refractivity contribution is 0.147. The monoisotopic (exact) mass is 271 g/mol. The van der Waals surface area contributed by atoms with Gasteiger partial charge in [-0.15, -0.1) is 0 Å². The van der Waals surface area contributed by atoms with Crippen molar-refractivity contribution in [2.45, 2.75) is 59.5 Å². The Balaban J connectivity index is 4.50. The molecule has 0 heterocycles. The Labute approximate surface area is 121 Å². The molecule has 19 heavy (non-hydrogen) atoms. The van der Waals surface area contributed by atoms with Gasteiger partial charge < -0.3 is 10.2 Å². The molecule has 0 aliphatic heterocycles. The van der Waals surface area contributed by atoms with Crippen molar-refractivity contribution in [1.29, 1.82) is 0 Å². The average Bonchev–Trinajstić information content (AvgIpc) is 2.29. The van der Waals surface area contributed by atoms with Crippen LogP contribution < -0.4 is 5.32 Å². The summed E-state index contributed by atoms with van der Waals surface area (Å²) >= 11 is 0. The van der Waals surface area contributed by atoms with Crippen LogP contribution in [0, 0.1) is 5.92 Å². The first kappa shape index (κ1) is 18.9. The van der Waals surface area contributed by atoms with Crippen molar-refractivity contribution in [2.75, 3.05) is 40.3 Å². The van der Waals surface area contributed by atoms with Gasteiger partial charge in [0.1, 0.15) is 0 Å². The fraction of sp³-hybridized carbons (Fsp3) is 1.00. The lowest BCUT2D eigenvalue weighted by atomic mass is 10.1. The van der Waals surface area contributed by atoms with Gasteiger partial charge in [0.2, 0.25) is 0 Å². The zero-order valence-corrected chi connectivity index (χ0v) is 14.4. The van der Waals surface area contributed by atoms with Crippen LogP contribution in [0.2, 0.25) is 0 Å². The predicted octanol–water partition coefficient (Wildman–Crippen LogP) is 2.67. The summed E-state index contributed by atoms with van der Waals surface area (Å²) in [5.41, 5.74) is 0. The smallest absolute Gasteiger partial charge is 0.0221 e. The molecule has 0 rings (SSSR count). The topological polar surface area (TPSA) is 18.5 Å². The van der Waals surface area contributed by atoms with Gasteiger partial charge in [-0.25, -0.2) is 0 Å². The van der Waals surface area contributed by atoms with E-state index in [1.807, 2.05) is 0 Å². The van der Waals surface area contributed by atoms with E-state index >= 15 is 0 Å². The number of nitrogens with one attached hydrogen (secondary N) is 1. The maximum absolute atomic E-state index is 3.62. The molecule has 0 radical (unpaired) electrons. The van der Waals surface area contributed by atoms with Crippen LogP contribution in [0.15, 0.2) is 0 Å². The molecule has 3 nitrogen and oxygen atoms in total. The second-order valence-electron chi connectivity index (χ2n) is 6.70. The van der Waals surface area contributed by atoms with Gasteiger partial charge in [-0.05, 0) is 26.4 Å². The number of nitrogens with zero attached hydrogens (tertiary/aromatic N) is 2. The Morgan fingerprint density at radius 2 is 1.63 bits per heavy atom. The fourth-order valence-corrected chi connectivity index (χ4v) is 2.34. The summed E-state index contributed by atoms with van der Waals surface area (Å²) < 4.78 is 0. The first-order valence-corrected chi connectivity index (χ1v) is 7.98. The van der Waals surface area contributed by atoms with Crippen molar-refractivity contribution in [1.82, 2.24) is 15.1 Å². The van der Waals surface area contributed by atoms with Crippen LogP contribution in [0.3, 0.4) is 0 Å². The maximum atomic E-state index is 3.62. The van der Waals surface area contributed by atoms with E-state index in [-0.39, 0.29) is 0 Å². The number of likely N-dealkylation sites (N-methyl/N-ethyl adjacent to an activating group) is 1. The van der Waals surface area contributed by atoms with Crippen LogP contribution >= 0.6 is 0 Å². The van der Waals surface area contributed by atoms with E-state index in [4.69, 9.17) is 0 Å². The minimum atomic E-state index is 0.578. The summed E-state index contributed by atoms with van der Waals surface area (Å²) in [6, 6.07) is 1.25. The third kappa shape index (κ3) is 10.3. The average molecular weight is 271 g/mol. The van der Waals surface area contributed by atoms with Crippen molar-refractivity contribution < 1.29 is 0 Å². The third-order valence-corrected chi connectivity index (χ3v) is 3.33. The van der Waals surface area contributed by atoms with Gasteiger partial charge in [-0.3, -0.25) is 4.90 Å². The Bertz CT molecular complexity index is 202. The molecule has 0 aromatic heterocycles. The summed E-state index contributed by atoms with van der Waals surface area (Å²) in [4.78, 5) is 4.97. The van der Waals surface area contributed by atoms with E-state index in [0.29, 0.717) is 12.1 Å². The van der Waals surface area contributed by atoms with Crippen LogP contribution in [0.1, 0.15) is 47.5 Å².